The van der Waals surface area contributed by atoms with Crippen molar-refractivity contribution in [3.8, 4) is 11.5 Å². The summed E-state index contributed by atoms with van der Waals surface area (Å²) in [4.78, 5) is 13.1. The van der Waals surface area contributed by atoms with Gasteiger partial charge in [-0.2, -0.15) is 0 Å². The van der Waals surface area contributed by atoms with E-state index < -0.39 is 4.92 Å². The molecule has 1 aliphatic rings. The summed E-state index contributed by atoms with van der Waals surface area (Å²) in [5.41, 5.74) is 0.535. The summed E-state index contributed by atoms with van der Waals surface area (Å²) < 4.78 is 5.15. The van der Waals surface area contributed by atoms with E-state index in [0.29, 0.717) is 11.5 Å². The van der Waals surface area contributed by atoms with E-state index in [-0.39, 0.29) is 48.0 Å². The zero-order valence-corrected chi connectivity index (χ0v) is 17.1. The summed E-state index contributed by atoms with van der Waals surface area (Å²) in [5.74, 6) is 0.692. The highest BCUT2D eigenvalue weighted by Crippen LogP contribution is 2.41. The van der Waals surface area contributed by atoms with Gasteiger partial charge in [-0.15, -0.1) is 24.8 Å². The first-order chi connectivity index (χ1) is 11.4. The number of nitro groups is 1. The zero-order chi connectivity index (χ0) is 17.7. The lowest BCUT2D eigenvalue weighted by atomic mass is 9.94. The predicted molar refractivity (Wildman–Crippen MR) is 107 cm³/mol. The van der Waals surface area contributed by atoms with E-state index in [2.05, 4.69) is 24.1 Å². The van der Waals surface area contributed by atoms with Crippen LogP contribution < -0.4 is 10.1 Å². The minimum absolute atomic E-state index is 0. The molecule has 0 saturated carbocycles. The Hall–Kier alpha value is -1.28. The number of benzene rings is 1. The number of halogens is 2. The fourth-order valence-electron chi connectivity index (χ4n) is 3.15. The number of nitrogens with one attached hydrogen (secondary N) is 1. The number of hydrogen-bond acceptors (Lipinski definition) is 6. The maximum atomic E-state index is 11.2. The predicted octanol–water partition coefficient (Wildman–Crippen LogP) is 3.54. The molecule has 1 saturated heterocycles. The van der Waals surface area contributed by atoms with Gasteiger partial charge in [0.15, 0.2) is 11.5 Å². The van der Waals surface area contributed by atoms with Crippen molar-refractivity contribution < 1.29 is 14.8 Å². The SMILES string of the molecule is COc1cc([N+](=O)[O-])cc([C@@H](CCC(C)C)N2CCNCC2)c1O.Cl.Cl. The van der Waals surface area contributed by atoms with Crippen LogP contribution in [-0.4, -0.2) is 48.2 Å². The lowest BCUT2D eigenvalue weighted by Gasteiger charge is -2.36. The highest BCUT2D eigenvalue weighted by Gasteiger charge is 2.28. The third-order valence-electron chi connectivity index (χ3n) is 4.49. The van der Waals surface area contributed by atoms with E-state index in [1.807, 2.05) is 0 Å². The molecular weight excluding hydrogens is 381 g/mol. The number of nitrogens with zero attached hydrogens (tertiary/aromatic N) is 2. The first-order valence-corrected chi connectivity index (χ1v) is 8.44. The number of ether oxygens (including phenoxy) is 1. The molecule has 9 heteroatoms. The molecule has 0 bridgehead atoms. The van der Waals surface area contributed by atoms with Crippen LogP contribution in [0.1, 0.15) is 38.3 Å². The molecule has 1 aromatic rings. The molecule has 0 amide bonds. The van der Waals surface area contributed by atoms with Crippen LogP contribution in [0, 0.1) is 16.0 Å². The summed E-state index contributed by atoms with van der Waals surface area (Å²) in [6, 6.07) is 2.71. The van der Waals surface area contributed by atoms with Crippen molar-refractivity contribution in [1.82, 2.24) is 10.2 Å². The van der Waals surface area contributed by atoms with Gasteiger partial charge in [-0.05, 0) is 18.8 Å². The molecular formula is C17H29Cl2N3O4. The Kier molecular flexibility index (Phi) is 10.9. The van der Waals surface area contributed by atoms with E-state index in [4.69, 9.17) is 4.74 Å². The van der Waals surface area contributed by atoms with Crippen LogP contribution >= 0.6 is 24.8 Å². The molecule has 1 fully saturated rings. The van der Waals surface area contributed by atoms with Gasteiger partial charge < -0.3 is 15.2 Å². The Bertz CT molecular complexity index is 581. The minimum Gasteiger partial charge on any atom is -0.504 e. The van der Waals surface area contributed by atoms with E-state index >= 15 is 0 Å². The summed E-state index contributed by atoms with van der Waals surface area (Å²) in [6.07, 6.45) is 1.83. The van der Waals surface area contributed by atoms with Gasteiger partial charge in [-0.25, -0.2) is 0 Å². The highest BCUT2D eigenvalue weighted by atomic mass is 35.5. The molecule has 0 radical (unpaired) electrons. The van der Waals surface area contributed by atoms with Crippen LogP contribution in [0.4, 0.5) is 5.69 Å². The van der Waals surface area contributed by atoms with Gasteiger partial charge in [0.1, 0.15) is 0 Å². The number of methoxy groups -OCH3 is 1. The van der Waals surface area contributed by atoms with Crippen molar-refractivity contribution in [2.24, 2.45) is 5.92 Å². The third-order valence-corrected chi connectivity index (χ3v) is 4.49. The molecule has 0 aliphatic carbocycles. The smallest absolute Gasteiger partial charge is 0.273 e. The number of aromatic hydroxyl groups is 1. The van der Waals surface area contributed by atoms with Gasteiger partial charge in [-0.1, -0.05) is 13.8 Å². The number of piperazine rings is 1. The molecule has 2 N–H and O–H groups in total. The monoisotopic (exact) mass is 409 g/mol. The van der Waals surface area contributed by atoms with Crippen LogP contribution in [0.3, 0.4) is 0 Å². The van der Waals surface area contributed by atoms with Crippen molar-refractivity contribution in [3.63, 3.8) is 0 Å². The van der Waals surface area contributed by atoms with Gasteiger partial charge in [0.25, 0.3) is 5.69 Å². The molecule has 150 valence electrons. The van der Waals surface area contributed by atoms with Crippen molar-refractivity contribution in [1.29, 1.82) is 0 Å². The molecule has 7 nitrogen and oxygen atoms in total. The summed E-state index contributed by atoms with van der Waals surface area (Å²) >= 11 is 0. The second kappa shape index (κ2) is 11.4. The van der Waals surface area contributed by atoms with E-state index in [1.54, 1.807) is 0 Å². The number of rotatable bonds is 7. The number of hydrogen-bond donors (Lipinski definition) is 2. The normalized spacial score (nSPS) is 15.7. The Morgan fingerprint density at radius 2 is 1.88 bits per heavy atom. The molecule has 1 aliphatic heterocycles. The Balaban J connectivity index is 0.00000312. The lowest BCUT2D eigenvalue weighted by molar-refractivity contribution is -0.385. The van der Waals surface area contributed by atoms with Crippen molar-refractivity contribution >= 4 is 30.5 Å². The van der Waals surface area contributed by atoms with Crippen LogP contribution in [0.2, 0.25) is 0 Å². The third kappa shape index (κ3) is 6.16. The number of nitro benzene ring substituents is 1. The molecule has 1 atom stereocenters. The summed E-state index contributed by atoms with van der Waals surface area (Å²) in [5, 5.41) is 25.1. The Morgan fingerprint density at radius 1 is 1.27 bits per heavy atom. The van der Waals surface area contributed by atoms with Gasteiger partial charge in [0.05, 0.1) is 18.1 Å². The quantitative estimate of drug-likeness (QED) is 0.528. The number of phenolic OH excluding ortho intramolecular Hbond substituents is 1. The zero-order valence-electron chi connectivity index (χ0n) is 15.4. The lowest BCUT2D eigenvalue weighted by Crippen LogP contribution is -2.45. The molecule has 0 spiro atoms. The van der Waals surface area contributed by atoms with Gasteiger partial charge in [-0.3, -0.25) is 15.0 Å². The molecule has 2 rings (SSSR count). The van der Waals surface area contributed by atoms with Gasteiger partial charge in [0, 0.05) is 43.9 Å². The molecule has 0 aromatic heterocycles. The second-order valence-corrected chi connectivity index (χ2v) is 6.62. The van der Waals surface area contributed by atoms with E-state index in [1.165, 1.54) is 19.2 Å². The second-order valence-electron chi connectivity index (χ2n) is 6.62. The maximum Gasteiger partial charge on any atom is 0.273 e. The number of phenols is 1. The topological polar surface area (TPSA) is 87.9 Å². The van der Waals surface area contributed by atoms with Crippen LogP contribution in [-0.2, 0) is 0 Å². The minimum atomic E-state index is -0.442. The van der Waals surface area contributed by atoms with Gasteiger partial charge in [0.2, 0.25) is 0 Å². The Labute approximate surface area is 167 Å². The maximum absolute atomic E-state index is 11.2. The first kappa shape index (κ1) is 24.7. The molecule has 26 heavy (non-hydrogen) atoms. The largest absolute Gasteiger partial charge is 0.504 e. The average Bonchev–Trinajstić information content (AvgIpc) is 2.56. The molecule has 1 heterocycles. The van der Waals surface area contributed by atoms with Crippen molar-refractivity contribution in [2.75, 3.05) is 33.3 Å². The van der Waals surface area contributed by atoms with Crippen LogP contribution in [0.15, 0.2) is 12.1 Å². The van der Waals surface area contributed by atoms with Crippen LogP contribution in [0.5, 0.6) is 11.5 Å². The van der Waals surface area contributed by atoms with E-state index in [9.17, 15) is 15.2 Å². The molecule has 0 unspecified atom stereocenters. The Morgan fingerprint density at radius 3 is 2.38 bits per heavy atom. The molecule has 1 aromatic carbocycles. The van der Waals surface area contributed by atoms with Gasteiger partial charge >= 0.3 is 0 Å². The average molecular weight is 410 g/mol. The van der Waals surface area contributed by atoms with Crippen molar-refractivity contribution in [2.45, 2.75) is 32.7 Å². The van der Waals surface area contributed by atoms with Crippen LogP contribution in [0.25, 0.3) is 0 Å². The fraction of sp³-hybridized carbons (Fsp3) is 0.647. The van der Waals surface area contributed by atoms with E-state index in [0.717, 1.165) is 39.0 Å². The summed E-state index contributed by atoms with van der Waals surface area (Å²) in [7, 11) is 1.41. The first-order valence-electron chi connectivity index (χ1n) is 8.44. The fourth-order valence-corrected chi connectivity index (χ4v) is 3.15. The van der Waals surface area contributed by atoms with Crippen molar-refractivity contribution in [3.05, 3.63) is 27.8 Å². The highest BCUT2D eigenvalue weighted by molar-refractivity contribution is 5.85. The number of non-ortho nitro benzene ring substituents is 1. The summed E-state index contributed by atoms with van der Waals surface area (Å²) in [6.45, 7) is 7.78. The standard InChI is InChI=1S/C17H27N3O4.2ClH/c1-12(2)4-5-15(19-8-6-18-7-9-19)14-10-13(20(22)23)11-16(24-3)17(14)21;;/h10-12,15,18,21H,4-9H2,1-3H3;2*1H/t15-;;/m1../s1.